The van der Waals surface area contributed by atoms with E-state index >= 15 is 0 Å². The van der Waals surface area contributed by atoms with Crippen LogP contribution in [0.2, 0.25) is 5.02 Å². The molecule has 1 aliphatic rings. The minimum absolute atomic E-state index is 0.0248. The van der Waals surface area contributed by atoms with E-state index in [1.54, 1.807) is 0 Å². The number of hydrogen-bond acceptors (Lipinski definition) is 3. The van der Waals surface area contributed by atoms with Crippen molar-refractivity contribution in [1.29, 1.82) is 0 Å². The monoisotopic (exact) mass is 550 g/mol. The summed E-state index contributed by atoms with van der Waals surface area (Å²) in [4.78, 5) is 12.6. The van der Waals surface area contributed by atoms with Crippen molar-refractivity contribution in [1.82, 2.24) is 4.31 Å². The number of sulfonamides is 1. The molecule has 29 heavy (non-hydrogen) atoms. The van der Waals surface area contributed by atoms with Gasteiger partial charge in [0.15, 0.2) is 0 Å². The van der Waals surface area contributed by atoms with Gasteiger partial charge in [0.2, 0.25) is 15.9 Å². The van der Waals surface area contributed by atoms with Crippen molar-refractivity contribution < 1.29 is 17.6 Å². The maximum atomic E-state index is 14.0. The van der Waals surface area contributed by atoms with Crippen LogP contribution in [-0.4, -0.2) is 31.7 Å². The van der Waals surface area contributed by atoms with Crippen LogP contribution in [0.15, 0.2) is 36.4 Å². The van der Waals surface area contributed by atoms with Crippen LogP contribution in [0.25, 0.3) is 0 Å². The Bertz CT molecular complexity index is 1000. The normalized spacial score (nSPS) is 16.0. The number of nitrogens with zero attached hydrogens (tertiary/aromatic N) is 1. The van der Waals surface area contributed by atoms with Crippen molar-refractivity contribution in [3.05, 3.63) is 61.9 Å². The highest BCUT2D eigenvalue weighted by Crippen LogP contribution is 2.27. The molecule has 0 unspecified atom stereocenters. The minimum Gasteiger partial charge on any atom is -0.326 e. The lowest BCUT2D eigenvalue weighted by molar-refractivity contribution is -0.120. The summed E-state index contributed by atoms with van der Waals surface area (Å²) < 4.78 is 41.8. The molecule has 5 nitrogen and oxygen atoms in total. The van der Waals surface area contributed by atoms with Gasteiger partial charge in [0.05, 0.1) is 5.75 Å². The second kappa shape index (κ2) is 9.28. The predicted molar refractivity (Wildman–Crippen MR) is 121 cm³/mol. The number of rotatable bonds is 5. The first-order valence-electron chi connectivity index (χ1n) is 9.15. The van der Waals surface area contributed by atoms with E-state index in [-0.39, 0.29) is 35.5 Å². The average molecular weight is 551 g/mol. The van der Waals surface area contributed by atoms with Crippen LogP contribution >= 0.6 is 34.2 Å². The summed E-state index contributed by atoms with van der Waals surface area (Å²) in [6, 6.07) is 9.88. The molecule has 1 aliphatic heterocycles. The number of halogens is 3. The van der Waals surface area contributed by atoms with Gasteiger partial charge in [-0.15, -0.1) is 0 Å². The molecule has 0 atom stereocenters. The molecule has 2 aromatic rings. The molecule has 9 heteroatoms. The van der Waals surface area contributed by atoms with Crippen LogP contribution in [0.4, 0.5) is 10.1 Å². The Morgan fingerprint density at radius 2 is 1.97 bits per heavy atom. The first-order chi connectivity index (χ1) is 13.7. The van der Waals surface area contributed by atoms with E-state index in [1.807, 2.05) is 25.1 Å². The number of nitrogens with one attached hydrogen (secondary N) is 1. The number of aryl methyl sites for hydroxylation is 1. The van der Waals surface area contributed by atoms with Gasteiger partial charge in [-0.2, -0.15) is 0 Å². The summed E-state index contributed by atoms with van der Waals surface area (Å²) in [5.41, 5.74) is 1.72. The zero-order valence-electron chi connectivity index (χ0n) is 15.8. The molecule has 1 heterocycles. The van der Waals surface area contributed by atoms with E-state index in [9.17, 15) is 17.6 Å². The fourth-order valence-corrected chi connectivity index (χ4v) is 5.91. The van der Waals surface area contributed by atoms with Gasteiger partial charge in [-0.25, -0.2) is 17.1 Å². The highest BCUT2D eigenvalue weighted by atomic mass is 127. The van der Waals surface area contributed by atoms with E-state index in [0.29, 0.717) is 12.8 Å². The maximum absolute atomic E-state index is 14.0. The Labute approximate surface area is 188 Å². The lowest BCUT2D eigenvalue weighted by Gasteiger charge is -2.30. The quantitative estimate of drug-likeness (QED) is 0.555. The lowest BCUT2D eigenvalue weighted by Crippen LogP contribution is -2.42. The second-order valence-electron chi connectivity index (χ2n) is 7.08. The van der Waals surface area contributed by atoms with Crippen LogP contribution in [0.1, 0.15) is 24.0 Å². The molecule has 0 spiro atoms. The van der Waals surface area contributed by atoms with Crippen LogP contribution in [0.3, 0.4) is 0 Å². The standard InChI is InChI=1S/C20H21ClFIN2O3S/c1-13-11-15(23)5-6-19(13)24-20(26)14-7-9-25(10-8-14)29(27,28)12-16-17(21)3-2-4-18(16)22/h2-6,11,14H,7-10,12H2,1H3,(H,24,26). The summed E-state index contributed by atoms with van der Waals surface area (Å²) in [7, 11) is -3.72. The fourth-order valence-electron chi connectivity index (χ4n) is 3.34. The summed E-state index contributed by atoms with van der Waals surface area (Å²) in [6.45, 7) is 2.37. The molecular formula is C20H21ClFIN2O3S. The van der Waals surface area contributed by atoms with E-state index in [4.69, 9.17) is 11.6 Å². The van der Waals surface area contributed by atoms with Crippen LogP contribution in [0, 0.1) is 22.2 Å². The van der Waals surface area contributed by atoms with Gasteiger partial charge >= 0.3 is 0 Å². The van der Waals surface area contributed by atoms with Crippen molar-refractivity contribution in [2.24, 2.45) is 5.92 Å². The predicted octanol–water partition coefficient (Wildman–Crippen LogP) is 4.57. The van der Waals surface area contributed by atoms with E-state index in [0.717, 1.165) is 14.8 Å². The summed E-state index contributed by atoms with van der Waals surface area (Å²) in [5, 5.41) is 3.03. The zero-order valence-corrected chi connectivity index (χ0v) is 19.5. The van der Waals surface area contributed by atoms with E-state index < -0.39 is 21.6 Å². The Hall–Kier alpha value is -1.23. The SMILES string of the molecule is Cc1cc(I)ccc1NC(=O)C1CCN(S(=O)(=O)Cc2c(F)cccc2Cl)CC1. The topological polar surface area (TPSA) is 66.5 Å². The molecule has 0 saturated carbocycles. The van der Waals surface area contributed by atoms with Crippen molar-refractivity contribution in [2.45, 2.75) is 25.5 Å². The Balaban J connectivity index is 1.61. The Morgan fingerprint density at radius 3 is 2.59 bits per heavy atom. The Morgan fingerprint density at radius 1 is 1.28 bits per heavy atom. The second-order valence-corrected chi connectivity index (χ2v) is 10.7. The molecule has 0 aromatic heterocycles. The third kappa shape index (κ3) is 5.48. The first kappa shape index (κ1) is 22.5. The molecule has 3 rings (SSSR count). The molecule has 0 aliphatic carbocycles. The van der Waals surface area contributed by atoms with Gasteiger partial charge in [0, 0.05) is 38.9 Å². The van der Waals surface area contributed by atoms with Crippen LogP contribution < -0.4 is 5.32 Å². The number of carbonyl (C=O) groups excluding carboxylic acids is 1. The number of piperidine rings is 1. The number of carbonyl (C=O) groups is 1. The fraction of sp³-hybridized carbons (Fsp3) is 0.350. The molecule has 1 fully saturated rings. The van der Waals surface area contributed by atoms with Crippen molar-refractivity contribution in [2.75, 3.05) is 18.4 Å². The molecular weight excluding hydrogens is 530 g/mol. The van der Waals surface area contributed by atoms with Gasteiger partial charge in [-0.3, -0.25) is 4.79 Å². The highest BCUT2D eigenvalue weighted by Gasteiger charge is 2.32. The first-order valence-corrected chi connectivity index (χ1v) is 12.2. The highest BCUT2D eigenvalue weighted by molar-refractivity contribution is 14.1. The van der Waals surface area contributed by atoms with E-state index in [2.05, 4.69) is 27.9 Å². The molecule has 1 N–H and O–H groups in total. The molecule has 1 saturated heterocycles. The lowest BCUT2D eigenvalue weighted by atomic mass is 9.97. The maximum Gasteiger partial charge on any atom is 0.227 e. The van der Waals surface area contributed by atoms with Crippen LogP contribution in [-0.2, 0) is 20.6 Å². The third-order valence-electron chi connectivity index (χ3n) is 5.05. The van der Waals surface area contributed by atoms with Gasteiger partial charge in [0.1, 0.15) is 5.82 Å². The number of hydrogen-bond donors (Lipinski definition) is 1. The van der Waals surface area contributed by atoms with Gasteiger partial charge in [0.25, 0.3) is 0 Å². The third-order valence-corrected chi connectivity index (χ3v) is 7.88. The van der Waals surface area contributed by atoms with Gasteiger partial charge in [-0.1, -0.05) is 17.7 Å². The van der Waals surface area contributed by atoms with Crippen molar-refractivity contribution in [3.63, 3.8) is 0 Å². The summed E-state index contributed by atoms with van der Waals surface area (Å²) in [6.07, 6.45) is 0.832. The van der Waals surface area contributed by atoms with E-state index in [1.165, 1.54) is 22.5 Å². The average Bonchev–Trinajstić information content (AvgIpc) is 2.67. The molecule has 1 amide bonds. The number of anilines is 1. The van der Waals surface area contributed by atoms with Crippen molar-refractivity contribution >= 4 is 55.8 Å². The van der Waals surface area contributed by atoms with Crippen LogP contribution in [0.5, 0.6) is 0 Å². The molecule has 0 bridgehead atoms. The van der Waals surface area contributed by atoms with Crippen molar-refractivity contribution in [3.8, 4) is 0 Å². The minimum atomic E-state index is -3.72. The number of benzene rings is 2. The van der Waals surface area contributed by atoms with Gasteiger partial charge < -0.3 is 5.32 Å². The smallest absolute Gasteiger partial charge is 0.227 e. The molecule has 0 radical (unpaired) electrons. The zero-order chi connectivity index (χ0) is 21.2. The number of amides is 1. The summed E-state index contributed by atoms with van der Waals surface area (Å²) in [5.74, 6) is -1.50. The molecule has 2 aromatic carbocycles. The molecule has 156 valence electrons. The van der Waals surface area contributed by atoms with Gasteiger partial charge in [-0.05, 0) is 78.3 Å². The Kier molecular flexibility index (Phi) is 7.19. The summed E-state index contributed by atoms with van der Waals surface area (Å²) >= 11 is 8.18. The largest absolute Gasteiger partial charge is 0.326 e.